The van der Waals surface area contributed by atoms with Gasteiger partial charge in [-0.15, -0.1) is 11.3 Å². The molecule has 0 aliphatic heterocycles. The summed E-state index contributed by atoms with van der Waals surface area (Å²) in [6, 6.07) is 14.1. The van der Waals surface area contributed by atoms with Crippen LogP contribution in [0.1, 0.15) is 12.7 Å². The van der Waals surface area contributed by atoms with E-state index in [1.54, 1.807) is 23.1 Å². The maximum absolute atomic E-state index is 5.54. The van der Waals surface area contributed by atoms with E-state index in [0.29, 0.717) is 6.61 Å². The molecule has 1 N–H and O–H groups in total. The third-order valence-electron chi connectivity index (χ3n) is 3.42. The van der Waals surface area contributed by atoms with E-state index in [9.17, 15) is 0 Å². The number of nitrogens with one attached hydrogen (secondary N) is 1. The van der Waals surface area contributed by atoms with Gasteiger partial charge in [-0.2, -0.15) is 0 Å². The molecule has 23 heavy (non-hydrogen) atoms. The second-order valence-corrected chi connectivity index (χ2v) is 7.28. The molecule has 0 fully saturated rings. The number of nitrogens with zero attached hydrogens (tertiary/aromatic N) is 2. The maximum Gasteiger partial charge on any atom is 0.151 e. The van der Waals surface area contributed by atoms with Crippen LogP contribution in [0.4, 0.5) is 0 Å². The average Bonchev–Trinajstić information content (AvgIpc) is 3.15. The zero-order chi connectivity index (χ0) is 15.6. The number of fused-ring (bicyclic) bond motifs is 2. The topological polar surface area (TPSA) is 50.8 Å². The van der Waals surface area contributed by atoms with Gasteiger partial charge in [0.05, 0.1) is 33.6 Å². The molecule has 6 heteroatoms. The van der Waals surface area contributed by atoms with Crippen LogP contribution in [0.2, 0.25) is 0 Å². The lowest BCUT2D eigenvalue weighted by atomic mass is 10.3. The van der Waals surface area contributed by atoms with Crippen LogP contribution in [0.3, 0.4) is 0 Å². The van der Waals surface area contributed by atoms with E-state index >= 15 is 0 Å². The average molecular weight is 341 g/mol. The number of thioether (sulfide) groups is 1. The number of benzene rings is 2. The van der Waals surface area contributed by atoms with Crippen molar-refractivity contribution in [2.45, 2.75) is 17.0 Å². The smallest absolute Gasteiger partial charge is 0.151 e. The second kappa shape index (κ2) is 6.22. The molecule has 0 aliphatic rings. The van der Waals surface area contributed by atoms with Gasteiger partial charge in [-0.05, 0) is 37.3 Å². The molecule has 2 aromatic carbocycles. The third kappa shape index (κ3) is 3.04. The fraction of sp³-hybridized carbons (Fsp3) is 0.176. The molecular weight excluding hydrogens is 326 g/mol. The number of aromatic nitrogens is 3. The SMILES string of the molecule is CCOc1ccc2nc(SCc3nc4ccccc4[nH]3)sc2c1. The minimum Gasteiger partial charge on any atom is -0.494 e. The number of H-pyrrole nitrogens is 1. The van der Waals surface area contributed by atoms with E-state index < -0.39 is 0 Å². The molecule has 0 spiro atoms. The molecule has 0 radical (unpaired) electrons. The first-order valence-corrected chi connectivity index (χ1v) is 9.22. The van der Waals surface area contributed by atoms with Gasteiger partial charge in [-0.1, -0.05) is 23.9 Å². The lowest BCUT2D eigenvalue weighted by Crippen LogP contribution is -1.89. The summed E-state index contributed by atoms with van der Waals surface area (Å²) in [5.74, 6) is 2.66. The number of aromatic amines is 1. The highest BCUT2D eigenvalue weighted by Gasteiger charge is 2.08. The van der Waals surface area contributed by atoms with Gasteiger partial charge in [-0.25, -0.2) is 9.97 Å². The van der Waals surface area contributed by atoms with E-state index in [2.05, 4.69) is 21.0 Å². The quantitative estimate of drug-likeness (QED) is 0.527. The van der Waals surface area contributed by atoms with Crippen molar-refractivity contribution in [1.82, 2.24) is 15.0 Å². The van der Waals surface area contributed by atoms with Crippen molar-refractivity contribution >= 4 is 44.3 Å². The lowest BCUT2D eigenvalue weighted by Gasteiger charge is -2.00. The number of thiazole rings is 1. The number of hydrogen-bond acceptors (Lipinski definition) is 5. The number of para-hydroxylation sites is 2. The summed E-state index contributed by atoms with van der Waals surface area (Å²) >= 11 is 3.40. The number of hydrogen-bond donors (Lipinski definition) is 1. The summed E-state index contributed by atoms with van der Waals surface area (Å²) in [7, 11) is 0. The first-order valence-electron chi connectivity index (χ1n) is 7.41. The van der Waals surface area contributed by atoms with Crippen LogP contribution >= 0.6 is 23.1 Å². The van der Waals surface area contributed by atoms with Crippen molar-refractivity contribution in [3.8, 4) is 5.75 Å². The van der Waals surface area contributed by atoms with Crippen molar-refractivity contribution in [1.29, 1.82) is 0 Å². The van der Waals surface area contributed by atoms with Crippen LogP contribution in [-0.4, -0.2) is 21.6 Å². The summed E-state index contributed by atoms with van der Waals surface area (Å²) in [6.07, 6.45) is 0. The Balaban J connectivity index is 1.52. The highest BCUT2D eigenvalue weighted by atomic mass is 32.2. The van der Waals surface area contributed by atoms with Gasteiger partial charge < -0.3 is 9.72 Å². The number of imidazole rings is 1. The van der Waals surface area contributed by atoms with Crippen molar-refractivity contribution in [3.05, 3.63) is 48.3 Å². The largest absolute Gasteiger partial charge is 0.494 e. The predicted molar refractivity (Wildman–Crippen MR) is 96.4 cm³/mol. The number of ether oxygens (including phenoxy) is 1. The van der Waals surface area contributed by atoms with Gasteiger partial charge >= 0.3 is 0 Å². The summed E-state index contributed by atoms with van der Waals surface area (Å²) < 4.78 is 7.75. The monoisotopic (exact) mass is 341 g/mol. The minimum atomic E-state index is 0.679. The first-order chi connectivity index (χ1) is 11.3. The van der Waals surface area contributed by atoms with E-state index in [1.165, 1.54) is 0 Å². The van der Waals surface area contributed by atoms with Crippen LogP contribution < -0.4 is 4.74 Å². The highest BCUT2D eigenvalue weighted by Crippen LogP contribution is 2.33. The standard InChI is InChI=1S/C17H15N3OS2/c1-2-21-11-7-8-14-15(9-11)23-17(20-14)22-10-16-18-12-5-3-4-6-13(12)19-16/h3-9H,2,10H2,1H3,(H,18,19). The Morgan fingerprint density at radius 2 is 2.04 bits per heavy atom. The zero-order valence-corrected chi connectivity index (χ0v) is 14.2. The summed E-state index contributed by atoms with van der Waals surface area (Å²) in [5, 5.41) is 0. The third-order valence-corrected chi connectivity index (χ3v) is 5.59. The van der Waals surface area contributed by atoms with Gasteiger partial charge in [0.15, 0.2) is 4.34 Å². The molecule has 2 heterocycles. The molecule has 0 amide bonds. The molecule has 4 aromatic rings. The van der Waals surface area contributed by atoms with Gasteiger partial charge in [0.2, 0.25) is 0 Å². The summed E-state index contributed by atoms with van der Waals surface area (Å²) in [4.78, 5) is 12.6. The second-order valence-electron chi connectivity index (χ2n) is 5.03. The normalized spacial score (nSPS) is 11.3. The van der Waals surface area contributed by atoms with Crippen LogP contribution in [0.5, 0.6) is 5.75 Å². The molecule has 4 rings (SSSR count). The summed E-state index contributed by atoms with van der Waals surface area (Å²) in [6.45, 7) is 2.67. The Morgan fingerprint density at radius 3 is 2.91 bits per heavy atom. The van der Waals surface area contributed by atoms with Crippen molar-refractivity contribution < 1.29 is 4.74 Å². The van der Waals surface area contributed by atoms with E-state index in [-0.39, 0.29) is 0 Å². The lowest BCUT2D eigenvalue weighted by molar-refractivity contribution is 0.341. The molecule has 0 saturated carbocycles. The Bertz CT molecular complexity index is 928. The fourth-order valence-corrected chi connectivity index (χ4v) is 4.37. The molecule has 0 bridgehead atoms. The minimum absolute atomic E-state index is 0.679. The highest BCUT2D eigenvalue weighted by molar-refractivity contribution is 8.00. The molecule has 2 aromatic heterocycles. The van der Waals surface area contributed by atoms with E-state index in [4.69, 9.17) is 4.74 Å². The van der Waals surface area contributed by atoms with Crippen molar-refractivity contribution in [2.75, 3.05) is 6.61 Å². The maximum atomic E-state index is 5.54. The Kier molecular flexibility index (Phi) is 3.93. The van der Waals surface area contributed by atoms with Gasteiger partial charge in [0.25, 0.3) is 0 Å². The van der Waals surface area contributed by atoms with Crippen LogP contribution in [0.25, 0.3) is 21.3 Å². The molecule has 0 saturated heterocycles. The Morgan fingerprint density at radius 1 is 1.13 bits per heavy atom. The molecule has 4 nitrogen and oxygen atoms in total. The van der Waals surface area contributed by atoms with Gasteiger partial charge in [0.1, 0.15) is 11.6 Å². The molecule has 0 aliphatic carbocycles. The fourth-order valence-electron chi connectivity index (χ4n) is 2.41. The predicted octanol–water partition coefficient (Wildman–Crippen LogP) is 4.86. The van der Waals surface area contributed by atoms with Gasteiger partial charge in [-0.3, -0.25) is 0 Å². The van der Waals surface area contributed by atoms with Crippen molar-refractivity contribution in [3.63, 3.8) is 0 Å². The summed E-state index contributed by atoms with van der Waals surface area (Å²) in [5.41, 5.74) is 3.10. The van der Waals surface area contributed by atoms with E-state index in [0.717, 1.165) is 42.9 Å². The van der Waals surface area contributed by atoms with Crippen LogP contribution in [0, 0.1) is 0 Å². The zero-order valence-electron chi connectivity index (χ0n) is 12.6. The molecule has 0 unspecified atom stereocenters. The molecular formula is C17H15N3OS2. The van der Waals surface area contributed by atoms with Gasteiger partial charge in [0, 0.05) is 0 Å². The van der Waals surface area contributed by atoms with Crippen molar-refractivity contribution in [2.24, 2.45) is 0 Å². The van der Waals surface area contributed by atoms with Crippen LogP contribution in [0.15, 0.2) is 46.8 Å². The van der Waals surface area contributed by atoms with E-state index in [1.807, 2.05) is 43.3 Å². The van der Waals surface area contributed by atoms with Crippen LogP contribution in [-0.2, 0) is 5.75 Å². The Hall–Kier alpha value is -2.05. The molecule has 0 atom stereocenters. The first kappa shape index (κ1) is 14.5. The Labute approximate surface area is 141 Å². The number of rotatable bonds is 5. The molecule has 116 valence electrons.